The van der Waals surface area contributed by atoms with Gasteiger partial charge in [-0.3, -0.25) is 4.79 Å². The molecule has 0 atom stereocenters. The van der Waals surface area contributed by atoms with Crippen LogP contribution in [0.5, 0.6) is 0 Å². The summed E-state index contributed by atoms with van der Waals surface area (Å²) in [6.07, 6.45) is 0. The number of alkyl halides is 2. The first-order chi connectivity index (χ1) is 8.26. The van der Waals surface area contributed by atoms with Crippen LogP contribution in [0.3, 0.4) is 0 Å². The molecule has 8 heteroatoms. The molecule has 4 N–H and O–H groups in total. The number of rotatable bonds is 4. The molecule has 0 aliphatic heterocycles. The molecule has 0 radical (unpaired) electrons. The second kappa shape index (κ2) is 5.69. The van der Waals surface area contributed by atoms with E-state index in [1.807, 2.05) is 5.32 Å². The van der Waals surface area contributed by atoms with Crippen molar-refractivity contribution in [2.75, 3.05) is 18.9 Å². The molecule has 4 nitrogen and oxygen atoms in total. The van der Waals surface area contributed by atoms with E-state index in [0.29, 0.717) is 0 Å². The van der Waals surface area contributed by atoms with Crippen LogP contribution in [0.25, 0.3) is 0 Å². The molecule has 0 spiro atoms. The van der Waals surface area contributed by atoms with Gasteiger partial charge in [0.1, 0.15) is 6.61 Å². The Morgan fingerprint density at radius 3 is 2.33 bits per heavy atom. The topological polar surface area (TPSA) is 75.4 Å². The minimum Gasteiger partial charge on any atom is -0.396 e. The molecule has 0 aromatic heterocycles. The zero-order valence-electron chi connectivity index (χ0n) is 9.01. The Kier molecular flexibility index (Phi) is 4.72. The van der Waals surface area contributed by atoms with Crippen molar-refractivity contribution in [1.29, 1.82) is 0 Å². The Morgan fingerprint density at radius 1 is 1.39 bits per heavy atom. The van der Waals surface area contributed by atoms with E-state index in [1.165, 1.54) is 12.1 Å². The number of benzene rings is 1. The first kappa shape index (κ1) is 14.9. The standard InChI is InChI=1S/C10H10Cl2F2N2O2/c11-6-1-5(2-7(12)8(6)15)9(18)16-3-10(13,14)4-17/h1-2,17H,3-4,15H2,(H,16,18). The number of carbonyl (C=O) groups excluding carboxylic acids is 1. The van der Waals surface area contributed by atoms with E-state index < -0.39 is 25.0 Å². The summed E-state index contributed by atoms with van der Waals surface area (Å²) in [4.78, 5) is 11.5. The third-order valence-corrected chi connectivity index (χ3v) is 2.71. The van der Waals surface area contributed by atoms with Gasteiger partial charge in [-0.1, -0.05) is 23.2 Å². The number of halogens is 4. The quantitative estimate of drug-likeness (QED) is 0.744. The fraction of sp³-hybridized carbons (Fsp3) is 0.300. The Bertz CT molecular complexity index is 446. The number of hydrogen-bond acceptors (Lipinski definition) is 3. The predicted molar refractivity (Wildman–Crippen MR) is 65.2 cm³/mol. The summed E-state index contributed by atoms with van der Waals surface area (Å²) < 4.78 is 25.4. The molecule has 0 heterocycles. The number of anilines is 1. The normalized spacial score (nSPS) is 11.4. The molecule has 100 valence electrons. The van der Waals surface area contributed by atoms with E-state index in [4.69, 9.17) is 34.0 Å². The van der Waals surface area contributed by atoms with Crippen molar-refractivity contribution in [3.8, 4) is 0 Å². The fourth-order valence-corrected chi connectivity index (χ4v) is 1.57. The van der Waals surface area contributed by atoms with Crippen LogP contribution in [0, 0.1) is 0 Å². The van der Waals surface area contributed by atoms with Gasteiger partial charge in [0.2, 0.25) is 0 Å². The molecule has 0 unspecified atom stereocenters. The first-order valence-corrected chi connectivity index (χ1v) is 5.54. The molecule has 18 heavy (non-hydrogen) atoms. The van der Waals surface area contributed by atoms with Gasteiger partial charge < -0.3 is 16.2 Å². The SMILES string of the molecule is Nc1c(Cl)cc(C(=O)NCC(F)(F)CO)cc1Cl. The largest absolute Gasteiger partial charge is 0.396 e. The average Bonchev–Trinajstić information content (AvgIpc) is 2.32. The van der Waals surface area contributed by atoms with Gasteiger partial charge in [0.15, 0.2) is 0 Å². The average molecular weight is 299 g/mol. The van der Waals surface area contributed by atoms with E-state index in [2.05, 4.69) is 0 Å². The zero-order chi connectivity index (χ0) is 13.9. The molecule has 0 aliphatic carbocycles. The Labute approximate surface area is 112 Å². The molecule has 0 saturated carbocycles. The zero-order valence-corrected chi connectivity index (χ0v) is 10.5. The van der Waals surface area contributed by atoms with Crippen molar-refractivity contribution in [2.24, 2.45) is 0 Å². The smallest absolute Gasteiger partial charge is 0.287 e. The van der Waals surface area contributed by atoms with E-state index in [9.17, 15) is 13.6 Å². The third-order valence-electron chi connectivity index (χ3n) is 2.08. The summed E-state index contributed by atoms with van der Waals surface area (Å²) in [5.74, 6) is -4.16. The molecule has 0 fully saturated rings. The summed E-state index contributed by atoms with van der Waals surface area (Å²) in [6, 6.07) is 2.43. The number of aliphatic hydroxyl groups is 1. The van der Waals surface area contributed by atoms with Gasteiger partial charge >= 0.3 is 0 Å². The van der Waals surface area contributed by atoms with Gasteiger partial charge in [0, 0.05) is 5.56 Å². The first-order valence-electron chi connectivity index (χ1n) is 4.78. The molecule has 1 rings (SSSR count). The minimum absolute atomic E-state index is 0.00735. The molecule has 1 amide bonds. The summed E-state index contributed by atoms with van der Waals surface area (Å²) >= 11 is 11.4. The van der Waals surface area contributed by atoms with Crippen LogP contribution >= 0.6 is 23.2 Å². The van der Waals surface area contributed by atoms with Gasteiger partial charge in [-0.15, -0.1) is 0 Å². The van der Waals surface area contributed by atoms with Crippen LogP contribution in [-0.2, 0) is 0 Å². The lowest BCUT2D eigenvalue weighted by Crippen LogP contribution is -2.39. The Hall–Kier alpha value is -1.11. The fourth-order valence-electron chi connectivity index (χ4n) is 1.08. The number of carbonyl (C=O) groups is 1. The molecular formula is C10H10Cl2F2N2O2. The Morgan fingerprint density at radius 2 is 1.89 bits per heavy atom. The van der Waals surface area contributed by atoms with Crippen LogP contribution in [0.15, 0.2) is 12.1 Å². The summed E-state index contributed by atoms with van der Waals surface area (Å²) in [7, 11) is 0. The van der Waals surface area contributed by atoms with E-state index in [1.54, 1.807) is 0 Å². The van der Waals surface area contributed by atoms with Crippen molar-refractivity contribution in [3.63, 3.8) is 0 Å². The Balaban J connectivity index is 2.80. The van der Waals surface area contributed by atoms with Gasteiger partial charge in [-0.25, -0.2) is 8.78 Å². The highest BCUT2D eigenvalue weighted by Crippen LogP contribution is 2.28. The number of hydrogen-bond donors (Lipinski definition) is 3. The molecule has 1 aromatic rings. The van der Waals surface area contributed by atoms with E-state index in [0.717, 1.165) is 0 Å². The van der Waals surface area contributed by atoms with Crippen molar-refractivity contribution >= 4 is 34.8 Å². The maximum atomic E-state index is 12.7. The number of aliphatic hydroxyl groups excluding tert-OH is 1. The summed E-state index contributed by atoms with van der Waals surface area (Å²) in [5, 5.41) is 10.4. The summed E-state index contributed by atoms with van der Waals surface area (Å²) in [5.41, 5.74) is 5.58. The maximum absolute atomic E-state index is 12.7. The molecule has 1 aromatic carbocycles. The molecule has 0 bridgehead atoms. The lowest BCUT2D eigenvalue weighted by Gasteiger charge is -2.14. The highest BCUT2D eigenvalue weighted by Gasteiger charge is 2.28. The van der Waals surface area contributed by atoms with Gasteiger partial charge in [-0.2, -0.15) is 0 Å². The van der Waals surface area contributed by atoms with E-state index in [-0.39, 0.29) is 21.3 Å². The predicted octanol–water partition coefficient (Wildman–Crippen LogP) is 1.93. The third kappa shape index (κ3) is 3.69. The van der Waals surface area contributed by atoms with Crippen LogP contribution in [0.2, 0.25) is 10.0 Å². The maximum Gasteiger partial charge on any atom is 0.287 e. The number of nitrogen functional groups attached to an aromatic ring is 1. The highest BCUT2D eigenvalue weighted by molar-refractivity contribution is 6.39. The lowest BCUT2D eigenvalue weighted by atomic mass is 10.2. The van der Waals surface area contributed by atoms with Crippen molar-refractivity contribution in [1.82, 2.24) is 5.32 Å². The van der Waals surface area contributed by atoms with E-state index >= 15 is 0 Å². The second-order valence-electron chi connectivity index (χ2n) is 3.55. The van der Waals surface area contributed by atoms with Gasteiger partial charge in [0.25, 0.3) is 11.8 Å². The van der Waals surface area contributed by atoms with Crippen molar-refractivity contribution in [3.05, 3.63) is 27.7 Å². The van der Waals surface area contributed by atoms with Crippen molar-refractivity contribution < 1.29 is 18.7 Å². The van der Waals surface area contributed by atoms with Crippen LogP contribution < -0.4 is 11.1 Å². The monoisotopic (exact) mass is 298 g/mol. The minimum atomic E-state index is -3.38. The summed E-state index contributed by atoms with van der Waals surface area (Å²) in [6.45, 7) is -2.33. The highest BCUT2D eigenvalue weighted by atomic mass is 35.5. The van der Waals surface area contributed by atoms with Gasteiger partial charge in [0.05, 0.1) is 22.3 Å². The van der Waals surface area contributed by atoms with Crippen LogP contribution in [0.4, 0.5) is 14.5 Å². The lowest BCUT2D eigenvalue weighted by molar-refractivity contribution is -0.0462. The second-order valence-corrected chi connectivity index (χ2v) is 4.36. The molecule has 0 saturated heterocycles. The molecular weight excluding hydrogens is 289 g/mol. The van der Waals surface area contributed by atoms with Crippen LogP contribution in [-0.4, -0.2) is 30.1 Å². The van der Waals surface area contributed by atoms with Gasteiger partial charge in [-0.05, 0) is 12.1 Å². The number of amides is 1. The molecule has 0 aliphatic rings. The van der Waals surface area contributed by atoms with Crippen molar-refractivity contribution in [2.45, 2.75) is 5.92 Å². The number of nitrogens with two attached hydrogens (primary N) is 1. The van der Waals surface area contributed by atoms with Crippen LogP contribution in [0.1, 0.15) is 10.4 Å². The number of nitrogens with one attached hydrogen (secondary N) is 1.